The third-order valence-corrected chi connectivity index (χ3v) is 15.1. The summed E-state index contributed by atoms with van der Waals surface area (Å²) < 4.78 is 2.64. The Kier molecular flexibility index (Phi) is 9.33. The predicted octanol–water partition coefficient (Wildman–Crippen LogP) is 18.0. The van der Waals surface area contributed by atoms with Crippen molar-refractivity contribution < 1.29 is 0 Å². The minimum atomic E-state index is -0.452. The molecule has 0 unspecified atom stereocenters. The van der Waals surface area contributed by atoms with Gasteiger partial charge >= 0.3 is 0 Å². The summed E-state index contributed by atoms with van der Waals surface area (Å²) in [6, 6.07) is 96.3. The van der Waals surface area contributed by atoms with E-state index in [-0.39, 0.29) is 0 Å². The molecule has 0 amide bonds. The van der Waals surface area contributed by atoms with Crippen molar-refractivity contribution in [2.24, 2.45) is 0 Å². The van der Waals surface area contributed by atoms with E-state index in [1.165, 1.54) is 97.7 Å². The monoisotopic (exact) mass is 869 g/mol. The Morgan fingerprint density at radius 3 is 1.57 bits per heavy atom. The van der Waals surface area contributed by atoms with Crippen LogP contribution in [0.3, 0.4) is 0 Å². The van der Waals surface area contributed by atoms with Crippen LogP contribution in [0.4, 0.5) is 17.1 Å². The SMILES string of the molecule is c1ccc(C2(c3ccccc3)c3ccccc3-c3ccc(-c4ccc(N(c5ccc(-c6ccc7c(c6)sc6ccccc67)cc5)c5cccc(-c6cccc7ccccc67)c5)cc4)cc32)cc1. The molecule has 0 aliphatic heterocycles. The predicted molar refractivity (Wildman–Crippen MR) is 285 cm³/mol. The first kappa shape index (κ1) is 39.1. The lowest BCUT2D eigenvalue weighted by molar-refractivity contribution is 0.769. The first-order chi connectivity index (χ1) is 33.2. The molecule has 0 bridgehead atoms. The van der Waals surface area contributed by atoms with Crippen molar-refractivity contribution in [2.75, 3.05) is 4.90 Å². The van der Waals surface area contributed by atoms with Crippen LogP contribution in [0, 0.1) is 0 Å². The van der Waals surface area contributed by atoms with Gasteiger partial charge in [-0.1, -0.05) is 206 Å². The zero-order valence-electron chi connectivity index (χ0n) is 36.7. The molecule has 0 saturated heterocycles. The number of rotatable bonds is 8. The quantitative estimate of drug-likeness (QED) is 0.147. The Hall–Kier alpha value is -8.30. The van der Waals surface area contributed by atoms with Gasteiger partial charge in [-0.15, -0.1) is 11.3 Å². The lowest BCUT2D eigenvalue weighted by Gasteiger charge is -2.34. The Balaban J connectivity index is 0.919. The number of hydrogen-bond acceptors (Lipinski definition) is 2. The fourth-order valence-corrected chi connectivity index (χ4v) is 12.0. The van der Waals surface area contributed by atoms with Gasteiger partial charge in [0, 0.05) is 37.2 Å². The van der Waals surface area contributed by atoms with Crippen molar-refractivity contribution >= 4 is 59.3 Å². The van der Waals surface area contributed by atoms with Crippen LogP contribution in [-0.2, 0) is 5.41 Å². The summed E-state index contributed by atoms with van der Waals surface area (Å²) in [7, 11) is 0. The van der Waals surface area contributed by atoms with Gasteiger partial charge in [0.25, 0.3) is 0 Å². The van der Waals surface area contributed by atoms with Crippen LogP contribution in [0.15, 0.2) is 261 Å². The topological polar surface area (TPSA) is 3.24 Å². The van der Waals surface area contributed by atoms with E-state index in [9.17, 15) is 0 Å². The molecule has 1 heterocycles. The van der Waals surface area contributed by atoms with Crippen molar-refractivity contribution in [3.63, 3.8) is 0 Å². The summed E-state index contributed by atoms with van der Waals surface area (Å²) in [5.74, 6) is 0. The Morgan fingerprint density at radius 1 is 0.284 bits per heavy atom. The van der Waals surface area contributed by atoms with Gasteiger partial charge in [-0.05, 0) is 132 Å². The molecular weight excluding hydrogens is 827 g/mol. The number of anilines is 3. The van der Waals surface area contributed by atoms with Gasteiger partial charge in [0.05, 0.1) is 5.41 Å². The summed E-state index contributed by atoms with van der Waals surface area (Å²) in [5, 5.41) is 5.13. The molecule has 0 fully saturated rings. The van der Waals surface area contributed by atoms with E-state index in [2.05, 4.69) is 266 Å². The van der Waals surface area contributed by atoms with Crippen molar-refractivity contribution in [3.8, 4) is 44.5 Å². The zero-order valence-corrected chi connectivity index (χ0v) is 37.5. The van der Waals surface area contributed by atoms with E-state index in [4.69, 9.17) is 0 Å². The van der Waals surface area contributed by atoms with E-state index in [1.807, 2.05) is 11.3 Å². The van der Waals surface area contributed by atoms with Gasteiger partial charge in [0.15, 0.2) is 0 Å². The largest absolute Gasteiger partial charge is 0.310 e. The number of nitrogens with zero attached hydrogens (tertiary/aromatic N) is 1. The highest BCUT2D eigenvalue weighted by molar-refractivity contribution is 7.25. The summed E-state index contributed by atoms with van der Waals surface area (Å²) in [6.45, 7) is 0. The fourth-order valence-electron chi connectivity index (χ4n) is 10.9. The molecular formula is C65H43NS. The molecule has 0 radical (unpaired) electrons. The lowest BCUT2D eigenvalue weighted by Crippen LogP contribution is -2.28. The van der Waals surface area contributed by atoms with Gasteiger partial charge in [-0.25, -0.2) is 0 Å². The molecule has 314 valence electrons. The van der Waals surface area contributed by atoms with E-state index in [0.717, 1.165) is 17.1 Å². The van der Waals surface area contributed by atoms with Crippen molar-refractivity contribution in [1.82, 2.24) is 0 Å². The van der Waals surface area contributed by atoms with Crippen LogP contribution in [-0.4, -0.2) is 0 Å². The lowest BCUT2D eigenvalue weighted by atomic mass is 9.67. The second-order valence-electron chi connectivity index (χ2n) is 17.6. The number of fused-ring (bicyclic) bond motifs is 7. The highest BCUT2D eigenvalue weighted by Crippen LogP contribution is 2.57. The summed E-state index contributed by atoms with van der Waals surface area (Å²) in [6.07, 6.45) is 0. The molecule has 0 spiro atoms. The van der Waals surface area contributed by atoms with Crippen LogP contribution < -0.4 is 4.90 Å². The molecule has 2 heteroatoms. The third kappa shape index (κ3) is 6.44. The van der Waals surface area contributed by atoms with Crippen LogP contribution >= 0.6 is 11.3 Å². The van der Waals surface area contributed by atoms with Crippen LogP contribution in [0.2, 0.25) is 0 Å². The van der Waals surface area contributed by atoms with Crippen molar-refractivity contribution in [3.05, 3.63) is 283 Å². The second-order valence-corrected chi connectivity index (χ2v) is 18.7. The first-order valence-electron chi connectivity index (χ1n) is 23.1. The minimum Gasteiger partial charge on any atom is -0.310 e. The Bertz CT molecular complexity index is 3750. The summed E-state index contributed by atoms with van der Waals surface area (Å²) in [4.78, 5) is 2.40. The first-order valence-corrected chi connectivity index (χ1v) is 23.9. The standard InChI is InChI=1S/C65H43NS/c1-3-18-50(19-4-1)65(51-20-5-2-6-21-51)61-27-11-9-24-57(61)58-39-33-47(42-62(58)65)44-29-35-52(36-30-44)66(54-22-13-17-49(41-54)56-26-14-16-46-15-7-8-23-55(46)56)53-37-31-45(32-38-53)48-34-40-60-59-25-10-12-28-63(59)67-64(60)43-48/h1-43H. The summed E-state index contributed by atoms with van der Waals surface area (Å²) >= 11 is 1.86. The van der Waals surface area contributed by atoms with E-state index >= 15 is 0 Å². The number of hydrogen-bond donors (Lipinski definition) is 0. The minimum absolute atomic E-state index is 0.452. The van der Waals surface area contributed by atoms with E-state index in [1.54, 1.807) is 0 Å². The third-order valence-electron chi connectivity index (χ3n) is 14.0. The molecule has 67 heavy (non-hydrogen) atoms. The highest BCUT2D eigenvalue weighted by Gasteiger charge is 2.46. The fraction of sp³-hybridized carbons (Fsp3) is 0.0154. The van der Waals surface area contributed by atoms with Crippen molar-refractivity contribution in [2.45, 2.75) is 5.41 Å². The van der Waals surface area contributed by atoms with Crippen LogP contribution in [0.25, 0.3) is 75.5 Å². The molecule has 12 aromatic rings. The molecule has 0 atom stereocenters. The Labute approximate surface area is 395 Å². The van der Waals surface area contributed by atoms with Gasteiger partial charge in [0.2, 0.25) is 0 Å². The molecule has 0 N–H and O–H groups in total. The maximum absolute atomic E-state index is 2.45. The van der Waals surface area contributed by atoms with Crippen LogP contribution in [0.5, 0.6) is 0 Å². The molecule has 1 aliphatic carbocycles. The molecule has 1 aliphatic rings. The van der Waals surface area contributed by atoms with Crippen molar-refractivity contribution in [1.29, 1.82) is 0 Å². The molecule has 13 rings (SSSR count). The van der Waals surface area contributed by atoms with Gasteiger partial charge in [-0.3, -0.25) is 0 Å². The second kappa shape index (κ2) is 16.0. The highest BCUT2D eigenvalue weighted by atomic mass is 32.1. The summed E-state index contributed by atoms with van der Waals surface area (Å²) in [5.41, 5.74) is 17.8. The molecule has 0 saturated carbocycles. The smallest absolute Gasteiger partial charge is 0.0713 e. The van der Waals surface area contributed by atoms with Gasteiger partial charge in [-0.2, -0.15) is 0 Å². The van der Waals surface area contributed by atoms with Gasteiger partial charge in [0.1, 0.15) is 0 Å². The molecule has 1 aromatic heterocycles. The van der Waals surface area contributed by atoms with E-state index < -0.39 is 5.41 Å². The molecule has 11 aromatic carbocycles. The normalized spacial score (nSPS) is 12.6. The van der Waals surface area contributed by atoms with Crippen LogP contribution in [0.1, 0.15) is 22.3 Å². The van der Waals surface area contributed by atoms with E-state index in [0.29, 0.717) is 0 Å². The number of thiophene rings is 1. The maximum Gasteiger partial charge on any atom is 0.0713 e. The average Bonchev–Trinajstić information content (AvgIpc) is 3.93. The zero-order chi connectivity index (χ0) is 44.3. The molecule has 1 nitrogen and oxygen atoms in total. The Morgan fingerprint density at radius 2 is 0.821 bits per heavy atom. The maximum atomic E-state index is 2.45. The average molecular weight is 870 g/mol. The number of benzene rings is 11. The van der Waals surface area contributed by atoms with Gasteiger partial charge < -0.3 is 4.90 Å².